The lowest BCUT2D eigenvalue weighted by Gasteiger charge is -2.10. The second-order valence-corrected chi connectivity index (χ2v) is 6.95. The maximum atomic E-state index is 12.6. The van der Waals surface area contributed by atoms with Crippen LogP contribution in [-0.4, -0.2) is 23.0 Å². The molecule has 1 aromatic heterocycles. The lowest BCUT2D eigenvalue weighted by Crippen LogP contribution is -2.14. The van der Waals surface area contributed by atoms with Gasteiger partial charge in [-0.15, -0.1) is 0 Å². The van der Waals surface area contributed by atoms with Crippen LogP contribution in [0.5, 0.6) is 5.75 Å². The van der Waals surface area contributed by atoms with E-state index in [1.165, 1.54) is 0 Å². The molecule has 1 N–H and O–H groups in total. The summed E-state index contributed by atoms with van der Waals surface area (Å²) in [4.78, 5) is 21.7. The van der Waals surface area contributed by atoms with Gasteiger partial charge in [0.2, 0.25) is 5.95 Å². The third-order valence-electron chi connectivity index (χ3n) is 4.51. The van der Waals surface area contributed by atoms with E-state index in [1.807, 2.05) is 60.7 Å². The van der Waals surface area contributed by atoms with Gasteiger partial charge in [-0.05, 0) is 54.6 Å². The molecule has 6 heteroatoms. The number of anilines is 1. The highest BCUT2D eigenvalue weighted by molar-refractivity contribution is 6.30. The minimum absolute atomic E-state index is 0.224. The van der Waals surface area contributed by atoms with Gasteiger partial charge in [-0.3, -0.25) is 10.1 Å². The maximum absolute atomic E-state index is 12.6. The van der Waals surface area contributed by atoms with Gasteiger partial charge in [0.15, 0.2) is 0 Å². The molecule has 4 aromatic rings. The lowest BCUT2D eigenvalue weighted by molar-refractivity contribution is 0.102. The van der Waals surface area contributed by atoms with Gasteiger partial charge in [0.05, 0.1) is 18.5 Å². The average Bonchev–Trinajstić information content (AvgIpc) is 2.80. The molecule has 0 atom stereocenters. The van der Waals surface area contributed by atoms with E-state index >= 15 is 0 Å². The number of nitrogens with one attached hydrogen (secondary N) is 1. The number of halogens is 1. The van der Waals surface area contributed by atoms with Crippen molar-refractivity contribution < 1.29 is 9.53 Å². The summed E-state index contributed by atoms with van der Waals surface area (Å²) in [7, 11) is 1.62. The second kappa shape index (κ2) is 8.76. The summed E-state index contributed by atoms with van der Waals surface area (Å²) in [6.07, 6.45) is 0. The number of methoxy groups -OCH3 is 1. The van der Waals surface area contributed by atoms with Gasteiger partial charge >= 0.3 is 0 Å². The standard InChI is InChI=1S/C24H18ClN3O2/c1-30-20-13-9-17(10-14-20)22-15-21(16-7-11-19(25)12-8-16)26-24(27-22)28-23(29)18-5-3-2-4-6-18/h2-15H,1H3,(H,26,27,28,29). The van der Waals surface area contributed by atoms with Crippen molar-refractivity contribution in [2.45, 2.75) is 0 Å². The molecule has 0 fully saturated rings. The summed E-state index contributed by atoms with van der Waals surface area (Å²) in [6, 6.07) is 25.7. The molecule has 4 rings (SSSR count). The molecule has 0 aliphatic rings. The smallest absolute Gasteiger partial charge is 0.258 e. The minimum atomic E-state index is -0.274. The molecule has 1 heterocycles. The first-order valence-electron chi connectivity index (χ1n) is 9.28. The van der Waals surface area contributed by atoms with Gasteiger partial charge < -0.3 is 4.74 Å². The Kier molecular flexibility index (Phi) is 5.72. The van der Waals surface area contributed by atoms with Gasteiger partial charge in [0.25, 0.3) is 5.91 Å². The van der Waals surface area contributed by atoms with Crippen molar-refractivity contribution in [2.75, 3.05) is 12.4 Å². The van der Waals surface area contributed by atoms with Crippen molar-refractivity contribution in [3.63, 3.8) is 0 Å². The van der Waals surface area contributed by atoms with Crippen LogP contribution in [0.2, 0.25) is 5.02 Å². The zero-order valence-corrected chi connectivity index (χ0v) is 16.9. The van der Waals surface area contributed by atoms with E-state index in [1.54, 1.807) is 31.4 Å². The Hall–Kier alpha value is -3.70. The van der Waals surface area contributed by atoms with E-state index < -0.39 is 0 Å². The van der Waals surface area contributed by atoms with Gasteiger partial charge in [0, 0.05) is 21.7 Å². The molecule has 0 aliphatic heterocycles. The zero-order valence-electron chi connectivity index (χ0n) is 16.2. The minimum Gasteiger partial charge on any atom is -0.497 e. The van der Waals surface area contributed by atoms with Crippen molar-refractivity contribution in [1.29, 1.82) is 0 Å². The van der Waals surface area contributed by atoms with Crippen LogP contribution in [-0.2, 0) is 0 Å². The zero-order chi connectivity index (χ0) is 20.9. The van der Waals surface area contributed by atoms with Crippen LogP contribution < -0.4 is 10.1 Å². The number of nitrogens with zero attached hydrogens (tertiary/aromatic N) is 2. The lowest BCUT2D eigenvalue weighted by atomic mass is 10.1. The van der Waals surface area contributed by atoms with Crippen molar-refractivity contribution in [3.05, 3.63) is 95.5 Å². The van der Waals surface area contributed by atoms with Crippen molar-refractivity contribution in [3.8, 4) is 28.3 Å². The third kappa shape index (κ3) is 4.47. The number of amides is 1. The number of ether oxygens (including phenoxy) is 1. The molecule has 0 radical (unpaired) electrons. The van der Waals surface area contributed by atoms with Crippen molar-refractivity contribution in [1.82, 2.24) is 9.97 Å². The molecular weight excluding hydrogens is 398 g/mol. The largest absolute Gasteiger partial charge is 0.497 e. The molecule has 0 unspecified atom stereocenters. The Morgan fingerprint density at radius 1 is 0.833 bits per heavy atom. The van der Waals surface area contributed by atoms with Gasteiger partial charge in [-0.2, -0.15) is 0 Å². The van der Waals surface area contributed by atoms with E-state index in [4.69, 9.17) is 16.3 Å². The highest BCUT2D eigenvalue weighted by atomic mass is 35.5. The Morgan fingerprint density at radius 2 is 1.40 bits per heavy atom. The van der Waals surface area contributed by atoms with Crippen LogP contribution in [0.4, 0.5) is 5.95 Å². The average molecular weight is 416 g/mol. The predicted molar refractivity (Wildman–Crippen MR) is 119 cm³/mol. The van der Waals surface area contributed by atoms with E-state index in [0.717, 1.165) is 16.9 Å². The number of carbonyl (C=O) groups excluding carboxylic acids is 1. The van der Waals surface area contributed by atoms with Crippen LogP contribution in [0, 0.1) is 0 Å². The molecule has 0 aliphatic carbocycles. The maximum Gasteiger partial charge on any atom is 0.258 e. The summed E-state index contributed by atoms with van der Waals surface area (Å²) < 4.78 is 5.23. The molecule has 0 bridgehead atoms. The van der Waals surface area contributed by atoms with Gasteiger partial charge in [-0.1, -0.05) is 41.9 Å². The van der Waals surface area contributed by atoms with Crippen LogP contribution in [0.3, 0.4) is 0 Å². The molecule has 3 aromatic carbocycles. The molecule has 0 spiro atoms. The molecule has 30 heavy (non-hydrogen) atoms. The fraction of sp³-hybridized carbons (Fsp3) is 0.0417. The summed E-state index contributed by atoms with van der Waals surface area (Å²) in [5, 5.41) is 3.44. The predicted octanol–water partition coefficient (Wildman–Crippen LogP) is 5.72. The fourth-order valence-corrected chi connectivity index (χ4v) is 3.07. The Balaban J connectivity index is 1.75. The second-order valence-electron chi connectivity index (χ2n) is 6.52. The number of rotatable bonds is 5. The first kappa shape index (κ1) is 19.6. The molecule has 148 valence electrons. The van der Waals surface area contributed by atoms with E-state index in [0.29, 0.717) is 22.0 Å². The first-order valence-corrected chi connectivity index (χ1v) is 9.66. The van der Waals surface area contributed by atoms with Crippen LogP contribution in [0.25, 0.3) is 22.5 Å². The summed E-state index contributed by atoms with van der Waals surface area (Å²) in [5.41, 5.74) is 3.64. The molecule has 1 amide bonds. The fourth-order valence-electron chi connectivity index (χ4n) is 2.94. The number of hydrogen-bond donors (Lipinski definition) is 1. The van der Waals surface area contributed by atoms with Crippen molar-refractivity contribution >= 4 is 23.5 Å². The van der Waals surface area contributed by atoms with E-state index in [2.05, 4.69) is 15.3 Å². The SMILES string of the molecule is COc1ccc(-c2cc(-c3ccc(Cl)cc3)nc(NC(=O)c3ccccc3)n2)cc1. The third-order valence-corrected chi connectivity index (χ3v) is 4.77. The van der Waals surface area contributed by atoms with E-state index in [9.17, 15) is 4.79 Å². The number of aromatic nitrogens is 2. The van der Waals surface area contributed by atoms with Gasteiger partial charge in [-0.25, -0.2) is 9.97 Å². The molecule has 0 saturated heterocycles. The quantitative estimate of drug-likeness (QED) is 0.452. The Morgan fingerprint density at radius 3 is 1.97 bits per heavy atom. The first-order chi connectivity index (χ1) is 14.6. The molecular formula is C24H18ClN3O2. The monoisotopic (exact) mass is 415 g/mol. The van der Waals surface area contributed by atoms with Crippen LogP contribution in [0.15, 0.2) is 84.9 Å². The van der Waals surface area contributed by atoms with E-state index in [-0.39, 0.29) is 11.9 Å². The normalized spacial score (nSPS) is 10.5. The number of carbonyl (C=O) groups is 1. The topological polar surface area (TPSA) is 64.1 Å². The summed E-state index contributed by atoms with van der Waals surface area (Å²) in [5.74, 6) is 0.704. The summed E-state index contributed by atoms with van der Waals surface area (Å²) in [6.45, 7) is 0. The summed E-state index contributed by atoms with van der Waals surface area (Å²) >= 11 is 6.02. The Labute approximate surface area is 179 Å². The number of benzene rings is 3. The van der Waals surface area contributed by atoms with Crippen molar-refractivity contribution in [2.24, 2.45) is 0 Å². The number of hydrogen-bond acceptors (Lipinski definition) is 4. The van der Waals surface area contributed by atoms with Gasteiger partial charge in [0.1, 0.15) is 5.75 Å². The molecule has 5 nitrogen and oxygen atoms in total. The van der Waals surface area contributed by atoms with Crippen LogP contribution >= 0.6 is 11.6 Å². The van der Waals surface area contributed by atoms with Crippen LogP contribution in [0.1, 0.15) is 10.4 Å². The highest BCUT2D eigenvalue weighted by Gasteiger charge is 2.12. The Bertz CT molecular complexity index is 1160. The molecule has 0 saturated carbocycles. The highest BCUT2D eigenvalue weighted by Crippen LogP contribution is 2.27.